The first kappa shape index (κ1) is 15.9. The Morgan fingerprint density at radius 3 is 2.38 bits per heavy atom. The van der Waals surface area contributed by atoms with Crippen LogP contribution in [0.1, 0.15) is 37.2 Å². The van der Waals surface area contributed by atoms with Crippen LogP contribution in [0, 0.1) is 0 Å². The maximum atomic E-state index is 11.8. The molecule has 0 aromatic heterocycles. The van der Waals surface area contributed by atoms with Crippen LogP contribution in [-0.2, 0) is 9.59 Å². The van der Waals surface area contributed by atoms with Gasteiger partial charge in [-0.1, -0.05) is 30.3 Å². The second-order valence-electron chi connectivity index (χ2n) is 5.49. The largest absolute Gasteiger partial charge is 0.369 e. The number of amides is 2. The number of hydrogen-bond acceptors (Lipinski definition) is 3. The third-order valence-electron chi connectivity index (χ3n) is 3.84. The maximum absolute atomic E-state index is 11.8. The molecular formula is C16H22N2O2S. The van der Waals surface area contributed by atoms with Crippen molar-refractivity contribution >= 4 is 23.6 Å². The second-order valence-corrected chi connectivity index (χ2v) is 6.47. The standard InChI is InChI=1S/C16H22N2O2S/c17-15(19)10-21-11-16(20)18-14-8-6-13(7-9-14)12-4-2-1-3-5-12/h1-5,13-14H,6-11H2,(H2,17,19)(H,18,20). The van der Waals surface area contributed by atoms with Crippen molar-refractivity contribution in [2.75, 3.05) is 11.5 Å². The minimum atomic E-state index is -0.379. The molecule has 0 aliphatic heterocycles. The molecular weight excluding hydrogens is 284 g/mol. The predicted octanol–water partition coefficient (Wildman–Crippen LogP) is 2.05. The molecule has 4 nitrogen and oxygen atoms in total. The highest BCUT2D eigenvalue weighted by atomic mass is 32.2. The van der Waals surface area contributed by atoms with Crippen molar-refractivity contribution in [1.82, 2.24) is 5.32 Å². The van der Waals surface area contributed by atoms with E-state index in [0.29, 0.717) is 11.7 Å². The summed E-state index contributed by atoms with van der Waals surface area (Å²) in [6.45, 7) is 0. The first-order valence-corrected chi connectivity index (χ1v) is 8.51. The molecule has 0 unspecified atom stereocenters. The van der Waals surface area contributed by atoms with Crippen LogP contribution >= 0.6 is 11.8 Å². The van der Waals surface area contributed by atoms with Gasteiger partial charge in [-0.15, -0.1) is 11.8 Å². The quantitative estimate of drug-likeness (QED) is 0.845. The first-order valence-electron chi connectivity index (χ1n) is 7.35. The van der Waals surface area contributed by atoms with Crippen molar-refractivity contribution in [2.45, 2.75) is 37.6 Å². The van der Waals surface area contributed by atoms with Crippen molar-refractivity contribution in [1.29, 1.82) is 0 Å². The van der Waals surface area contributed by atoms with E-state index in [1.807, 2.05) is 6.07 Å². The molecule has 1 saturated carbocycles. The number of primary amides is 1. The topological polar surface area (TPSA) is 72.2 Å². The summed E-state index contributed by atoms with van der Waals surface area (Å²) in [5, 5.41) is 3.05. The number of carbonyl (C=O) groups is 2. The fourth-order valence-electron chi connectivity index (χ4n) is 2.81. The molecule has 2 rings (SSSR count). The molecule has 0 radical (unpaired) electrons. The number of hydrogen-bond donors (Lipinski definition) is 2. The number of carbonyl (C=O) groups excluding carboxylic acids is 2. The lowest BCUT2D eigenvalue weighted by atomic mass is 9.82. The zero-order valence-corrected chi connectivity index (χ0v) is 12.9. The van der Waals surface area contributed by atoms with Gasteiger partial charge in [0.15, 0.2) is 0 Å². The smallest absolute Gasteiger partial charge is 0.230 e. The fourth-order valence-corrected chi connectivity index (χ4v) is 3.38. The summed E-state index contributed by atoms with van der Waals surface area (Å²) in [4.78, 5) is 22.4. The van der Waals surface area contributed by atoms with Crippen LogP contribution in [0.25, 0.3) is 0 Å². The van der Waals surface area contributed by atoms with E-state index in [0.717, 1.165) is 25.7 Å². The lowest BCUT2D eigenvalue weighted by molar-refractivity contribution is -0.119. The van der Waals surface area contributed by atoms with Crippen molar-refractivity contribution in [3.05, 3.63) is 35.9 Å². The monoisotopic (exact) mass is 306 g/mol. The van der Waals surface area contributed by atoms with Gasteiger partial charge in [-0.25, -0.2) is 0 Å². The number of thioether (sulfide) groups is 1. The molecule has 0 heterocycles. The van der Waals surface area contributed by atoms with Gasteiger partial charge in [0.1, 0.15) is 0 Å². The van der Waals surface area contributed by atoms with Gasteiger partial charge in [0.25, 0.3) is 0 Å². The Hall–Kier alpha value is -1.49. The van der Waals surface area contributed by atoms with Crippen molar-refractivity contribution in [2.24, 2.45) is 5.73 Å². The summed E-state index contributed by atoms with van der Waals surface area (Å²) in [6, 6.07) is 10.8. The fraction of sp³-hybridized carbons (Fsp3) is 0.500. The maximum Gasteiger partial charge on any atom is 0.230 e. The molecule has 1 aromatic carbocycles. The minimum Gasteiger partial charge on any atom is -0.369 e. The van der Waals surface area contributed by atoms with E-state index >= 15 is 0 Å². The summed E-state index contributed by atoms with van der Waals surface area (Å²) in [5.41, 5.74) is 6.44. The minimum absolute atomic E-state index is 0.00408. The van der Waals surface area contributed by atoms with Crippen LogP contribution in [0.4, 0.5) is 0 Å². The van der Waals surface area contributed by atoms with E-state index < -0.39 is 0 Å². The number of nitrogens with one attached hydrogen (secondary N) is 1. The van der Waals surface area contributed by atoms with Gasteiger partial charge < -0.3 is 11.1 Å². The molecule has 0 bridgehead atoms. The number of nitrogens with two attached hydrogens (primary N) is 1. The van der Waals surface area contributed by atoms with Crippen LogP contribution in [0.3, 0.4) is 0 Å². The van der Waals surface area contributed by atoms with Crippen LogP contribution < -0.4 is 11.1 Å². The molecule has 0 spiro atoms. The van der Waals surface area contributed by atoms with Gasteiger partial charge >= 0.3 is 0 Å². The summed E-state index contributed by atoms with van der Waals surface area (Å²) < 4.78 is 0. The molecule has 5 heteroatoms. The molecule has 1 fully saturated rings. The molecule has 1 aromatic rings. The average molecular weight is 306 g/mol. The lowest BCUT2D eigenvalue weighted by Gasteiger charge is -2.29. The van der Waals surface area contributed by atoms with Crippen molar-refractivity contribution in [3.8, 4) is 0 Å². The normalized spacial score (nSPS) is 21.7. The van der Waals surface area contributed by atoms with Gasteiger partial charge in [0.05, 0.1) is 11.5 Å². The Kier molecular flexibility index (Phi) is 6.11. The third kappa shape index (κ3) is 5.42. The highest BCUT2D eigenvalue weighted by Crippen LogP contribution is 2.32. The second kappa shape index (κ2) is 8.08. The molecule has 114 valence electrons. The molecule has 0 saturated heterocycles. The van der Waals surface area contributed by atoms with Crippen LogP contribution in [0.15, 0.2) is 30.3 Å². The lowest BCUT2D eigenvalue weighted by Crippen LogP contribution is -2.38. The van der Waals surface area contributed by atoms with Gasteiger partial charge in [-0.2, -0.15) is 0 Å². The van der Waals surface area contributed by atoms with Crippen molar-refractivity contribution in [3.63, 3.8) is 0 Å². The highest BCUT2D eigenvalue weighted by Gasteiger charge is 2.23. The SMILES string of the molecule is NC(=O)CSCC(=O)NC1CCC(c2ccccc2)CC1. The zero-order chi connectivity index (χ0) is 15.1. The summed E-state index contributed by atoms with van der Waals surface area (Å²) >= 11 is 1.27. The molecule has 3 N–H and O–H groups in total. The van der Waals surface area contributed by atoms with Crippen LogP contribution in [0.2, 0.25) is 0 Å². The summed E-state index contributed by atoms with van der Waals surface area (Å²) in [6.07, 6.45) is 4.27. The Bertz CT molecular complexity index is 470. The van der Waals surface area contributed by atoms with E-state index in [1.165, 1.54) is 17.3 Å². The van der Waals surface area contributed by atoms with Crippen LogP contribution in [0.5, 0.6) is 0 Å². The molecule has 1 aliphatic carbocycles. The van der Waals surface area contributed by atoms with Gasteiger partial charge in [-0.05, 0) is 37.2 Å². The first-order chi connectivity index (χ1) is 10.1. The number of benzene rings is 1. The van der Waals surface area contributed by atoms with Gasteiger partial charge in [0.2, 0.25) is 11.8 Å². The molecule has 1 aliphatic rings. The molecule has 0 atom stereocenters. The molecule has 2 amide bonds. The summed E-state index contributed by atoms with van der Waals surface area (Å²) in [5.74, 6) is 0.750. The van der Waals surface area contributed by atoms with E-state index in [2.05, 4.69) is 29.6 Å². The van der Waals surface area contributed by atoms with Gasteiger partial charge in [0, 0.05) is 6.04 Å². The summed E-state index contributed by atoms with van der Waals surface area (Å²) in [7, 11) is 0. The third-order valence-corrected chi connectivity index (χ3v) is 4.80. The Labute approximate surface area is 129 Å². The highest BCUT2D eigenvalue weighted by molar-refractivity contribution is 8.00. The van der Waals surface area contributed by atoms with Crippen LogP contribution in [-0.4, -0.2) is 29.4 Å². The van der Waals surface area contributed by atoms with E-state index in [4.69, 9.17) is 5.73 Å². The Morgan fingerprint density at radius 1 is 1.10 bits per heavy atom. The average Bonchev–Trinajstić information content (AvgIpc) is 2.48. The van der Waals surface area contributed by atoms with Crippen molar-refractivity contribution < 1.29 is 9.59 Å². The predicted molar refractivity (Wildman–Crippen MR) is 86.1 cm³/mol. The zero-order valence-electron chi connectivity index (χ0n) is 12.1. The molecule has 21 heavy (non-hydrogen) atoms. The van der Waals surface area contributed by atoms with E-state index in [9.17, 15) is 9.59 Å². The Morgan fingerprint density at radius 2 is 1.76 bits per heavy atom. The van der Waals surface area contributed by atoms with Gasteiger partial charge in [-0.3, -0.25) is 9.59 Å². The Balaban J connectivity index is 1.69. The van der Waals surface area contributed by atoms with E-state index in [1.54, 1.807) is 0 Å². The van der Waals surface area contributed by atoms with E-state index in [-0.39, 0.29) is 23.6 Å². The number of rotatable bonds is 6.